The molecular formula is C11H8F2N2O2. The number of aromatic nitrogens is 1. The number of hydrogen-bond acceptors (Lipinski definition) is 3. The Morgan fingerprint density at radius 3 is 2.71 bits per heavy atom. The van der Waals surface area contributed by atoms with E-state index in [1.807, 2.05) is 0 Å². The van der Waals surface area contributed by atoms with Gasteiger partial charge in [-0.1, -0.05) is 0 Å². The first-order valence-corrected chi connectivity index (χ1v) is 4.75. The smallest absolute Gasteiger partial charge is 0.291 e. The van der Waals surface area contributed by atoms with Crippen LogP contribution in [-0.4, -0.2) is 10.9 Å². The number of pyridine rings is 1. The standard InChI is InChI=1S/C11H8F2N2O2/c1-6-4-5-17-9(6)11(16)14-7-2-3-8(12)15-10(7)13/h2-5H,1H3,(H,14,16). The number of furan rings is 1. The van der Waals surface area contributed by atoms with Crippen molar-refractivity contribution < 1.29 is 18.0 Å². The number of aryl methyl sites for hydroxylation is 1. The Kier molecular flexibility index (Phi) is 2.86. The Morgan fingerprint density at radius 1 is 1.35 bits per heavy atom. The van der Waals surface area contributed by atoms with Crippen molar-refractivity contribution in [3.8, 4) is 0 Å². The lowest BCUT2D eigenvalue weighted by Crippen LogP contribution is -2.14. The summed E-state index contributed by atoms with van der Waals surface area (Å²) in [5.41, 5.74) is 0.421. The minimum Gasteiger partial charge on any atom is -0.459 e. The average Bonchev–Trinajstić information content (AvgIpc) is 2.68. The SMILES string of the molecule is Cc1ccoc1C(=O)Nc1ccc(F)nc1F. The van der Waals surface area contributed by atoms with Gasteiger partial charge in [0.2, 0.25) is 11.9 Å². The number of rotatable bonds is 2. The highest BCUT2D eigenvalue weighted by Gasteiger charge is 2.15. The molecule has 1 N–H and O–H groups in total. The van der Waals surface area contributed by atoms with Crippen LogP contribution in [0.15, 0.2) is 28.9 Å². The molecule has 2 aromatic rings. The molecule has 17 heavy (non-hydrogen) atoms. The molecular weight excluding hydrogens is 230 g/mol. The number of carbonyl (C=O) groups excluding carboxylic acids is 1. The van der Waals surface area contributed by atoms with Gasteiger partial charge in [-0.3, -0.25) is 4.79 Å². The van der Waals surface area contributed by atoms with Gasteiger partial charge < -0.3 is 9.73 Å². The third kappa shape index (κ3) is 2.30. The molecule has 4 nitrogen and oxygen atoms in total. The summed E-state index contributed by atoms with van der Waals surface area (Å²) in [5, 5.41) is 2.24. The highest BCUT2D eigenvalue weighted by atomic mass is 19.1. The van der Waals surface area contributed by atoms with E-state index >= 15 is 0 Å². The van der Waals surface area contributed by atoms with Gasteiger partial charge in [0.25, 0.3) is 5.91 Å². The van der Waals surface area contributed by atoms with E-state index in [-0.39, 0.29) is 11.4 Å². The van der Waals surface area contributed by atoms with Crippen molar-refractivity contribution in [3.63, 3.8) is 0 Å². The summed E-state index contributed by atoms with van der Waals surface area (Å²) in [6.07, 6.45) is 1.35. The van der Waals surface area contributed by atoms with Crippen molar-refractivity contribution in [2.24, 2.45) is 0 Å². The van der Waals surface area contributed by atoms with E-state index in [9.17, 15) is 13.6 Å². The van der Waals surface area contributed by atoms with Crippen molar-refractivity contribution in [1.82, 2.24) is 4.98 Å². The number of hydrogen-bond donors (Lipinski definition) is 1. The Morgan fingerprint density at radius 2 is 2.12 bits per heavy atom. The van der Waals surface area contributed by atoms with Crippen LogP contribution in [0.5, 0.6) is 0 Å². The average molecular weight is 238 g/mol. The van der Waals surface area contributed by atoms with Crippen molar-refractivity contribution in [1.29, 1.82) is 0 Å². The maximum absolute atomic E-state index is 13.2. The predicted octanol–water partition coefficient (Wildman–Crippen LogP) is 2.51. The topological polar surface area (TPSA) is 55.1 Å². The monoisotopic (exact) mass is 238 g/mol. The molecule has 0 atom stereocenters. The minimum atomic E-state index is -1.08. The van der Waals surface area contributed by atoms with E-state index in [1.165, 1.54) is 6.26 Å². The second kappa shape index (κ2) is 4.32. The molecule has 0 radical (unpaired) electrons. The number of nitrogens with zero attached hydrogens (tertiary/aromatic N) is 1. The van der Waals surface area contributed by atoms with Crippen molar-refractivity contribution in [2.75, 3.05) is 5.32 Å². The number of halogens is 2. The highest BCUT2D eigenvalue weighted by Crippen LogP contribution is 2.15. The second-order valence-electron chi connectivity index (χ2n) is 3.36. The molecule has 0 bridgehead atoms. The van der Waals surface area contributed by atoms with Crippen LogP contribution in [0.1, 0.15) is 16.1 Å². The van der Waals surface area contributed by atoms with Crippen LogP contribution >= 0.6 is 0 Å². The molecule has 0 aliphatic rings. The summed E-state index contributed by atoms with van der Waals surface area (Å²) < 4.78 is 30.6. The molecule has 1 amide bonds. The minimum absolute atomic E-state index is 0.0775. The Labute approximate surface area is 95.3 Å². The lowest BCUT2D eigenvalue weighted by molar-refractivity contribution is 0.0995. The third-order valence-corrected chi connectivity index (χ3v) is 2.13. The molecule has 0 aliphatic heterocycles. The van der Waals surface area contributed by atoms with E-state index in [1.54, 1.807) is 13.0 Å². The summed E-state index contributed by atoms with van der Waals surface area (Å²) in [6.45, 7) is 1.68. The first-order chi connectivity index (χ1) is 8.08. The van der Waals surface area contributed by atoms with Gasteiger partial charge in [-0.15, -0.1) is 0 Å². The lowest BCUT2D eigenvalue weighted by Gasteiger charge is -2.04. The zero-order valence-corrected chi connectivity index (χ0v) is 8.83. The lowest BCUT2D eigenvalue weighted by atomic mass is 10.2. The van der Waals surface area contributed by atoms with Gasteiger partial charge >= 0.3 is 0 Å². The Bertz CT molecular complexity index is 566. The van der Waals surface area contributed by atoms with Gasteiger partial charge in [-0.05, 0) is 25.1 Å². The molecule has 2 aromatic heterocycles. The predicted molar refractivity (Wildman–Crippen MR) is 55.6 cm³/mol. The van der Waals surface area contributed by atoms with Crippen LogP contribution in [0, 0.1) is 18.8 Å². The number of nitrogens with one attached hydrogen (secondary N) is 1. The first kappa shape index (κ1) is 11.3. The second-order valence-corrected chi connectivity index (χ2v) is 3.36. The van der Waals surface area contributed by atoms with Crippen molar-refractivity contribution in [2.45, 2.75) is 6.92 Å². The Hall–Kier alpha value is -2.24. The first-order valence-electron chi connectivity index (χ1n) is 4.75. The molecule has 0 unspecified atom stereocenters. The highest BCUT2D eigenvalue weighted by molar-refractivity contribution is 6.03. The van der Waals surface area contributed by atoms with Gasteiger partial charge in [0.1, 0.15) is 0 Å². The fourth-order valence-corrected chi connectivity index (χ4v) is 1.29. The molecule has 2 rings (SSSR count). The van der Waals surface area contributed by atoms with Crippen LogP contribution in [0.4, 0.5) is 14.5 Å². The van der Waals surface area contributed by atoms with Gasteiger partial charge in [0.05, 0.1) is 12.0 Å². The van der Waals surface area contributed by atoms with Crippen LogP contribution in [0.25, 0.3) is 0 Å². The molecule has 0 aliphatic carbocycles. The summed E-state index contributed by atoms with van der Waals surface area (Å²) >= 11 is 0. The fraction of sp³-hybridized carbons (Fsp3) is 0.0909. The van der Waals surface area contributed by atoms with Gasteiger partial charge in [0, 0.05) is 5.56 Å². The quantitative estimate of drug-likeness (QED) is 0.818. The molecule has 0 fully saturated rings. The number of amides is 1. The van der Waals surface area contributed by atoms with E-state index in [0.29, 0.717) is 5.56 Å². The molecule has 0 saturated carbocycles. The van der Waals surface area contributed by atoms with Crippen LogP contribution in [-0.2, 0) is 0 Å². The fourth-order valence-electron chi connectivity index (χ4n) is 1.29. The Balaban J connectivity index is 2.22. The van der Waals surface area contributed by atoms with Crippen LogP contribution < -0.4 is 5.32 Å². The maximum Gasteiger partial charge on any atom is 0.291 e. The summed E-state index contributed by atoms with van der Waals surface area (Å²) in [6, 6.07) is 3.65. The van der Waals surface area contributed by atoms with E-state index in [0.717, 1.165) is 12.1 Å². The van der Waals surface area contributed by atoms with Crippen molar-refractivity contribution >= 4 is 11.6 Å². The van der Waals surface area contributed by atoms with E-state index in [2.05, 4.69) is 10.3 Å². The number of anilines is 1. The normalized spacial score (nSPS) is 10.3. The van der Waals surface area contributed by atoms with E-state index < -0.39 is 17.8 Å². The van der Waals surface area contributed by atoms with Crippen LogP contribution in [0.3, 0.4) is 0 Å². The summed E-state index contributed by atoms with van der Waals surface area (Å²) in [4.78, 5) is 14.6. The molecule has 88 valence electrons. The van der Waals surface area contributed by atoms with Gasteiger partial charge in [-0.25, -0.2) is 0 Å². The number of carbonyl (C=O) groups is 1. The summed E-state index contributed by atoms with van der Waals surface area (Å²) in [7, 11) is 0. The van der Waals surface area contributed by atoms with Gasteiger partial charge in [-0.2, -0.15) is 13.8 Å². The largest absolute Gasteiger partial charge is 0.459 e. The molecule has 6 heteroatoms. The zero-order valence-electron chi connectivity index (χ0n) is 8.83. The molecule has 0 saturated heterocycles. The molecule has 0 spiro atoms. The van der Waals surface area contributed by atoms with Gasteiger partial charge in [0.15, 0.2) is 5.76 Å². The van der Waals surface area contributed by atoms with Crippen LogP contribution in [0.2, 0.25) is 0 Å². The maximum atomic E-state index is 13.2. The molecule has 0 aromatic carbocycles. The molecule has 2 heterocycles. The summed E-state index contributed by atoms with van der Waals surface area (Å²) in [5.74, 6) is -2.56. The van der Waals surface area contributed by atoms with Crippen molar-refractivity contribution in [3.05, 3.63) is 47.7 Å². The third-order valence-electron chi connectivity index (χ3n) is 2.13. The zero-order chi connectivity index (χ0) is 12.4. The van der Waals surface area contributed by atoms with E-state index in [4.69, 9.17) is 4.42 Å².